The van der Waals surface area contributed by atoms with Gasteiger partial charge in [0.2, 0.25) is 0 Å². The van der Waals surface area contributed by atoms with Gasteiger partial charge < -0.3 is 9.64 Å². The van der Waals surface area contributed by atoms with Gasteiger partial charge in [0.15, 0.2) is 11.0 Å². The van der Waals surface area contributed by atoms with Crippen molar-refractivity contribution in [2.45, 2.75) is 33.0 Å². The summed E-state index contributed by atoms with van der Waals surface area (Å²) in [5, 5.41) is 0.152. The van der Waals surface area contributed by atoms with Crippen LogP contribution in [0.25, 0.3) is 11.3 Å². The number of rotatable bonds is 7. The zero-order chi connectivity index (χ0) is 21.7. The zero-order valence-corrected chi connectivity index (χ0v) is 18.0. The molecule has 1 heterocycles. The Morgan fingerprint density at radius 2 is 1.70 bits per heavy atom. The minimum atomic E-state index is -0.529. The molecule has 3 aromatic rings. The van der Waals surface area contributed by atoms with Crippen molar-refractivity contribution in [3.63, 3.8) is 0 Å². The highest BCUT2D eigenvalue weighted by Crippen LogP contribution is 2.27. The highest BCUT2D eigenvalue weighted by molar-refractivity contribution is 6.32. The smallest absolute Gasteiger partial charge is 0.326 e. The van der Waals surface area contributed by atoms with Gasteiger partial charge in [0.05, 0.1) is 5.69 Å². The second-order valence-electron chi connectivity index (χ2n) is 7.18. The summed E-state index contributed by atoms with van der Waals surface area (Å²) in [7, 11) is 1.77. The number of benzene rings is 2. The maximum absolute atomic E-state index is 13.3. The molecule has 3 rings (SSSR count). The molecule has 0 saturated heterocycles. The second-order valence-corrected chi connectivity index (χ2v) is 7.54. The molecule has 0 fully saturated rings. The fourth-order valence-corrected chi connectivity index (χ4v) is 3.23. The standard InChI is InChI=1S/C23H24ClN3O3/c1-16(2)26(3)22-23(29)27(14-19(28)30-15-17-10-6-4-7-11-17)20(21(24)25-22)18-12-8-5-9-13-18/h4-13,16H,14-15H2,1-3H3. The molecular formula is C23H24ClN3O3. The highest BCUT2D eigenvalue weighted by atomic mass is 35.5. The molecule has 0 aliphatic rings. The van der Waals surface area contributed by atoms with Crippen molar-refractivity contribution in [3.05, 3.63) is 81.7 Å². The summed E-state index contributed by atoms with van der Waals surface area (Å²) in [6.45, 7) is 3.75. The molecule has 0 aliphatic carbocycles. The number of carbonyl (C=O) groups excluding carboxylic acids is 1. The number of esters is 1. The number of hydrogen-bond donors (Lipinski definition) is 0. The third kappa shape index (κ3) is 4.89. The number of hydrogen-bond acceptors (Lipinski definition) is 5. The van der Waals surface area contributed by atoms with E-state index in [1.54, 1.807) is 11.9 Å². The maximum Gasteiger partial charge on any atom is 0.326 e. The van der Waals surface area contributed by atoms with E-state index < -0.39 is 11.5 Å². The summed E-state index contributed by atoms with van der Waals surface area (Å²) < 4.78 is 6.73. The van der Waals surface area contributed by atoms with E-state index in [1.165, 1.54) is 4.57 Å². The molecule has 0 radical (unpaired) electrons. The molecule has 0 saturated carbocycles. The van der Waals surface area contributed by atoms with Crippen LogP contribution in [0.3, 0.4) is 0 Å². The van der Waals surface area contributed by atoms with Gasteiger partial charge in [0.25, 0.3) is 5.56 Å². The van der Waals surface area contributed by atoms with Crippen LogP contribution in [0.2, 0.25) is 5.15 Å². The molecule has 0 N–H and O–H groups in total. The Kier molecular flexibility index (Phi) is 6.90. The average Bonchev–Trinajstić information content (AvgIpc) is 2.75. The Hall–Kier alpha value is -3.12. The van der Waals surface area contributed by atoms with Crippen molar-refractivity contribution in [2.75, 3.05) is 11.9 Å². The number of halogens is 1. The first-order chi connectivity index (χ1) is 14.4. The Balaban J connectivity index is 1.99. The lowest BCUT2D eigenvalue weighted by molar-refractivity contribution is -0.145. The number of ether oxygens (including phenoxy) is 1. The molecule has 0 atom stereocenters. The quantitative estimate of drug-likeness (QED) is 0.532. The molecule has 156 valence electrons. The van der Waals surface area contributed by atoms with Crippen LogP contribution < -0.4 is 10.5 Å². The predicted octanol–water partition coefficient (Wildman–Crippen LogP) is 4.15. The third-order valence-corrected chi connectivity index (χ3v) is 5.06. The fourth-order valence-electron chi connectivity index (χ4n) is 2.94. The van der Waals surface area contributed by atoms with E-state index in [0.29, 0.717) is 11.3 Å². The van der Waals surface area contributed by atoms with Crippen molar-refractivity contribution in [1.29, 1.82) is 0 Å². The van der Waals surface area contributed by atoms with Crippen molar-refractivity contribution in [3.8, 4) is 11.3 Å². The summed E-state index contributed by atoms with van der Waals surface area (Å²) >= 11 is 6.50. The lowest BCUT2D eigenvalue weighted by Crippen LogP contribution is -2.37. The normalized spacial score (nSPS) is 10.8. The number of nitrogens with zero attached hydrogens (tertiary/aromatic N) is 3. The van der Waals surface area contributed by atoms with Crippen LogP contribution in [0, 0.1) is 0 Å². The fraction of sp³-hybridized carbons (Fsp3) is 0.261. The molecule has 0 amide bonds. The summed E-state index contributed by atoms with van der Waals surface area (Å²) in [6, 6.07) is 18.6. The van der Waals surface area contributed by atoms with Crippen LogP contribution in [0.5, 0.6) is 0 Å². The Labute approximate surface area is 180 Å². The van der Waals surface area contributed by atoms with Crippen LogP contribution in [0.4, 0.5) is 5.82 Å². The largest absolute Gasteiger partial charge is 0.459 e. The highest BCUT2D eigenvalue weighted by Gasteiger charge is 2.22. The molecule has 6 nitrogen and oxygen atoms in total. The van der Waals surface area contributed by atoms with Crippen LogP contribution >= 0.6 is 11.6 Å². The Morgan fingerprint density at radius 3 is 2.30 bits per heavy atom. The average molecular weight is 426 g/mol. The zero-order valence-electron chi connectivity index (χ0n) is 17.2. The number of aromatic nitrogens is 2. The first kappa shape index (κ1) is 21.6. The Bertz CT molecular complexity index is 1070. The van der Waals surface area contributed by atoms with Crippen LogP contribution in [0.1, 0.15) is 19.4 Å². The molecule has 30 heavy (non-hydrogen) atoms. The summed E-state index contributed by atoms with van der Waals surface area (Å²) in [6.07, 6.45) is 0. The first-order valence-electron chi connectivity index (χ1n) is 9.66. The van der Waals surface area contributed by atoms with Gasteiger partial charge in [-0.2, -0.15) is 0 Å². The summed E-state index contributed by atoms with van der Waals surface area (Å²) in [5.41, 5.74) is 1.56. The van der Waals surface area contributed by atoms with Gasteiger partial charge in [-0.05, 0) is 19.4 Å². The molecule has 0 bridgehead atoms. The summed E-state index contributed by atoms with van der Waals surface area (Å²) in [4.78, 5) is 31.9. The van der Waals surface area contributed by atoms with E-state index in [4.69, 9.17) is 16.3 Å². The van der Waals surface area contributed by atoms with E-state index in [0.717, 1.165) is 5.56 Å². The van der Waals surface area contributed by atoms with Crippen LogP contribution in [0.15, 0.2) is 65.5 Å². The number of anilines is 1. The second kappa shape index (κ2) is 9.59. The monoisotopic (exact) mass is 425 g/mol. The third-order valence-electron chi connectivity index (χ3n) is 4.79. The van der Waals surface area contributed by atoms with E-state index in [-0.39, 0.29) is 30.2 Å². The van der Waals surface area contributed by atoms with Crippen molar-refractivity contribution in [1.82, 2.24) is 9.55 Å². The molecule has 1 aromatic heterocycles. The molecular weight excluding hydrogens is 402 g/mol. The van der Waals surface area contributed by atoms with E-state index in [9.17, 15) is 9.59 Å². The Morgan fingerprint density at radius 1 is 1.10 bits per heavy atom. The first-order valence-corrected chi connectivity index (χ1v) is 10.0. The lowest BCUT2D eigenvalue weighted by atomic mass is 10.1. The summed E-state index contributed by atoms with van der Waals surface area (Å²) in [5.74, 6) is -0.343. The van der Waals surface area contributed by atoms with Crippen molar-refractivity contribution in [2.24, 2.45) is 0 Å². The molecule has 2 aromatic carbocycles. The maximum atomic E-state index is 13.3. The van der Waals surface area contributed by atoms with Gasteiger partial charge in [-0.15, -0.1) is 0 Å². The van der Waals surface area contributed by atoms with E-state index >= 15 is 0 Å². The van der Waals surface area contributed by atoms with Gasteiger partial charge in [-0.25, -0.2) is 4.98 Å². The minimum Gasteiger partial charge on any atom is -0.459 e. The van der Waals surface area contributed by atoms with Crippen molar-refractivity contribution >= 4 is 23.4 Å². The van der Waals surface area contributed by atoms with Crippen LogP contribution in [-0.2, 0) is 22.7 Å². The van der Waals surface area contributed by atoms with Crippen molar-refractivity contribution < 1.29 is 9.53 Å². The molecule has 0 unspecified atom stereocenters. The van der Waals surface area contributed by atoms with Gasteiger partial charge >= 0.3 is 5.97 Å². The van der Waals surface area contributed by atoms with Crippen LogP contribution in [-0.4, -0.2) is 28.6 Å². The topological polar surface area (TPSA) is 64.4 Å². The molecule has 0 spiro atoms. The lowest BCUT2D eigenvalue weighted by Gasteiger charge is -2.24. The molecule has 0 aliphatic heterocycles. The number of carbonyl (C=O) groups is 1. The predicted molar refractivity (Wildman–Crippen MR) is 119 cm³/mol. The van der Waals surface area contributed by atoms with E-state index in [1.807, 2.05) is 74.5 Å². The van der Waals surface area contributed by atoms with E-state index in [2.05, 4.69) is 4.98 Å². The van der Waals surface area contributed by atoms with Gasteiger partial charge in [-0.1, -0.05) is 72.3 Å². The van der Waals surface area contributed by atoms with Gasteiger partial charge in [0.1, 0.15) is 13.2 Å². The SMILES string of the molecule is CC(C)N(C)c1nc(Cl)c(-c2ccccc2)n(CC(=O)OCc2ccccc2)c1=O. The van der Waals surface area contributed by atoms with Gasteiger partial charge in [0, 0.05) is 18.7 Å². The minimum absolute atomic E-state index is 0.0299. The molecule has 7 heteroatoms. The van der Waals surface area contributed by atoms with Gasteiger partial charge in [-0.3, -0.25) is 14.2 Å².